The van der Waals surface area contributed by atoms with Crippen LogP contribution in [0.4, 0.5) is 0 Å². The molecular formula is C24H53NS2. The molecule has 0 aromatic carbocycles. The Morgan fingerprint density at radius 1 is 0.704 bits per heavy atom. The minimum Gasteiger partial charge on any atom is -0.265 e. The fourth-order valence-corrected chi connectivity index (χ4v) is 6.72. The van der Waals surface area contributed by atoms with Crippen LogP contribution in [-0.4, -0.2) is 51.5 Å². The monoisotopic (exact) mass is 419 g/mol. The van der Waals surface area contributed by atoms with Gasteiger partial charge in [0.25, 0.3) is 0 Å². The second kappa shape index (κ2) is 16.8. The van der Waals surface area contributed by atoms with Gasteiger partial charge < -0.3 is 0 Å². The molecule has 0 radical (unpaired) electrons. The van der Waals surface area contributed by atoms with Crippen LogP contribution in [0.2, 0.25) is 0 Å². The van der Waals surface area contributed by atoms with Crippen molar-refractivity contribution in [1.82, 2.24) is 4.98 Å². The van der Waals surface area contributed by atoms with E-state index >= 15 is 0 Å². The Balaban J connectivity index is -0.000000361. The summed E-state index contributed by atoms with van der Waals surface area (Å²) in [7, 11) is -0.732. The van der Waals surface area contributed by atoms with Crippen molar-refractivity contribution in [3.05, 3.63) is 30.1 Å². The average Bonchev–Trinajstić information content (AvgIpc) is 2.63. The fraction of sp³-hybridized carbons (Fsp3) is 0.792. The van der Waals surface area contributed by atoms with Crippen molar-refractivity contribution < 1.29 is 0 Å². The number of hydrogen-bond acceptors (Lipinski definition) is 1. The van der Waals surface area contributed by atoms with Crippen molar-refractivity contribution in [3.63, 3.8) is 0 Å². The average molecular weight is 420 g/mol. The molecule has 0 bridgehead atoms. The van der Waals surface area contributed by atoms with Crippen LogP contribution in [0.5, 0.6) is 0 Å². The van der Waals surface area contributed by atoms with Gasteiger partial charge in [0.2, 0.25) is 0 Å². The SMILES string of the molecule is CC.CC.CC(C)S(C)(C(C)C)C(C)C.CS(C)(C)CCc1ccncc1. The lowest BCUT2D eigenvalue weighted by Crippen LogP contribution is -2.27. The van der Waals surface area contributed by atoms with Gasteiger partial charge in [-0.1, -0.05) is 69.2 Å². The van der Waals surface area contributed by atoms with Gasteiger partial charge in [-0.05, 0) is 70.6 Å². The Kier molecular flexibility index (Phi) is 19.6. The zero-order valence-electron chi connectivity index (χ0n) is 21.2. The van der Waals surface area contributed by atoms with Crippen LogP contribution in [0, 0.1) is 0 Å². The van der Waals surface area contributed by atoms with Gasteiger partial charge in [-0.25, -0.2) is 20.1 Å². The maximum atomic E-state index is 4.00. The Labute approximate surface area is 177 Å². The van der Waals surface area contributed by atoms with Crippen molar-refractivity contribution in [2.75, 3.05) is 30.8 Å². The van der Waals surface area contributed by atoms with E-state index < -0.39 is 0 Å². The number of hydrogen-bond donors (Lipinski definition) is 0. The molecule has 1 nitrogen and oxygen atoms in total. The van der Waals surface area contributed by atoms with Crippen LogP contribution in [0.25, 0.3) is 0 Å². The highest BCUT2D eigenvalue weighted by atomic mass is 32.3. The summed E-state index contributed by atoms with van der Waals surface area (Å²) in [4.78, 5) is 4.00. The van der Waals surface area contributed by atoms with Crippen LogP contribution in [0.1, 0.15) is 74.8 Å². The van der Waals surface area contributed by atoms with E-state index in [1.807, 2.05) is 40.1 Å². The van der Waals surface area contributed by atoms with Gasteiger partial charge in [0.15, 0.2) is 0 Å². The molecule has 0 saturated carbocycles. The minimum absolute atomic E-state index is 0.343. The van der Waals surface area contributed by atoms with E-state index in [-0.39, 0.29) is 20.1 Å². The van der Waals surface area contributed by atoms with Gasteiger partial charge in [-0.2, -0.15) is 0 Å². The quantitative estimate of drug-likeness (QED) is 0.455. The number of aryl methyl sites for hydroxylation is 1. The Morgan fingerprint density at radius 3 is 1.26 bits per heavy atom. The third kappa shape index (κ3) is 14.5. The third-order valence-electron chi connectivity index (χ3n) is 4.80. The molecule has 0 aliphatic heterocycles. The Hall–Kier alpha value is -0.150. The molecule has 0 unspecified atom stereocenters. The molecule has 0 aliphatic carbocycles. The molecule has 1 aromatic rings. The molecule has 1 aromatic heterocycles. The number of aromatic nitrogens is 1. The smallest absolute Gasteiger partial charge is 0.0270 e. The zero-order valence-corrected chi connectivity index (χ0v) is 22.9. The van der Waals surface area contributed by atoms with Crippen LogP contribution in [0.15, 0.2) is 24.5 Å². The Morgan fingerprint density at radius 2 is 1.04 bits per heavy atom. The molecule has 0 spiro atoms. The number of rotatable bonds is 6. The highest BCUT2D eigenvalue weighted by molar-refractivity contribution is 8.34. The van der Waals surface area contributed by atoms with E-state index in [9.17, 15) is 0 Å². The lowest BCUT2D eigenvalue weighted by molar-refractivity contribution is 0.951. The molecule has 166 valence electrons. The van der Waals surface area contributed by atoms with Crippen LogP contribution >= 0.6 is 20.1 Å². The summed E-state index contributed by atoms with van der Waals surface area (Å²) in [5, 5.41) is 2.59. The summed E-state index contributed by atoms with van der Waals surface area (Å²) in [6.07, 6.45) is 14.5. The lowest BCUT2D eigenvalue weighted by Gasteiger charge is -2.48. The first kappa shape index (κ1) is 31.5. The van der Waals surface area contributed by atoms with Gasteiger partial charge in [0.05, 0.1) is 0 Å². The van der Waals surface area contributed by atoms with E-state index in [1.165, 1.54) is 17.7 Å². The van der Waals surface area contributed by atoms with Crippen LogP contribution in [0.3, 0.4) is 0 Å². The van der Waals surface area contributed by atoms with E-state index in [0.717, 1.165) is 15.7 Å². The van der Waals surface area contributed by atoms with E-state index in [0.29, 0.717) is 0 Å². The molecule has 0 aliphatic rings. The molecule has 27 heavy (non-hydrogen) atoms. The van der Waals surface area contributed by atoms with Crippen molar-refractivity contribution >= 4 is 20.1 Å². The summed E-state index contributed by atoms with van der Waals surface area (Å²) in [5.41, 5.74) is 1.41. The molecule has 0 atom stereocenters. The van der Waals surface area contributed by atoms with Gasteiger partial charge in [0, 0.05) is 12.4 Å². The van der Waals surface area contributed by atoms with Crippen LogP contribution in [-0.2, 0) is 6.42 Å². The topological polar surface area (TPSA) is 12.9 Å². The van der Waals surface area contributed by atoms with Gasteiger partial charge in [-0.3, -0.25) is 4.98 Å². The maximum absolute atomic E-state index is 4.00. The van der Waals surface area contributed by atoms with Gasteiger partial charge in [-0.15, -0.1) is 0 Å². The second-order valence-corrected chi connectivity index (χ2v) is 17.8. The summed E-state index contributed by atoms with van der Waals surface area (Å²) in [6, 6.07) is 4.20. The predicted octanol–water partition coefficient (Wildman–Crippen LogP) is 8.02. The Bertz CT molecular complexity index is 398. The molecule has 1 rings (SSSR count). The summed E-state index contributed by atoms with van der Waals surface area (Å²) >= 11 is 0. The lowest BCUT2D eigenvalue weighted by atomic mass is 10.2. The van der Waals surface area contributed by atoms with E-state index in [1.54, 1.807) is 0 Å². The molecule has 0 N–H and O–H groups in total. The number of nitrogens with zero attached hydrogens (tertiary/aromatic N) is 1. The van der Waals surface area contributed by atoms with Crippen molar-refractivity contribution in [1.29, 1.82) is 0 Å². The van der Waals surface area contributed by atoms with E-state index in [4.69, 9.17) is 0 Å². The molecule has 1 heterocycles. The molecular weight excluding hydrogens is 366 g/mol. The third-order valence-corrected chi connectivity index (χ3v) is 12.3. The molecule has 0 saturated heterocycles. The maximum Gasteiger partial charge on any atom is 0.0270 e. The summed E-state index contributed by atoms with van der Waals surface area (Å²) < 4.78 is 0. The summed E-state index contributed by atoms with van der Waals surface area (Å²) in [5.74, 6) is 1.32. The molecule has 3 heteroatoms. The summed E-state index contributed by atoms with van der Waals surface area (Å²) in [6.45, 7) is 22.2. The number of pyridine rings is 1. The minimum atomic E-state index is -0.389. The van der Waals surface area contributed by atoms with Crippen molar-refractivity contribution in [2.45, 2.75) is 91.4 Å². The van der Waals surface area contributed by atoms with Crippen molar-refractivity contribution in [3.8, 4) is 0 Å². The van der Waals surface area contributed by atoms with Gasteiger partial charge in [0.1, 0.15) is 0 Å². The second-order valence-electron chi connectivity index (χ2n) is 8.16. The molecule has 0 fully saturated rings. The normalized spacial score (nSPS) is 12.3. The highest BCUT2D eigenvalue weighted by Gasteiger charge is 2.29. The highest BCUT2D eigenvalue weighted by Crippen LogP contribution is 2.56. The zero-order chi connectivity index (χ0) is 22.3. The van der Waals surface area contributed by atoms with E-state index in [2.05, 4.69) is 83.7 Å². The standard InChI is InChI=1S/C10H17NS.C10H24S.2C2H6/c1-12(2,3)9-6-10-4-7-11-8-5-10;1-8(2)11(7,9(3)4)10(5)6;2*1-2/h4-5,7-8H,6,9H2,1-3H3;8-10H,1-7H3;2*1-2H3. The first-order valence-corrected chi connectivity index (χ1v) is 16.0. The molecule has 0 amide bonds. The predicted molar refractivity (Wildman–Crippen MR) is 140 cm³/mol. The van der Waals surface area contributed by atoms with Crippen LogP contribution < -0.4 is 0 Å². The fourth-order valence-electron chi connectivity index (χ4n) is 2.61. The van der Waals surface area contributed by atoms with Crippen molar-refractivity contribution in [2.24, 2.45) is 0 Å². The largest absolute Gasteiger partial charge is 0.265 e. The van der Waals surface area contributed by atoms with Gasteiger partial charge >= 0.3 is 0 Å². The first-order valence-electron chi connectivity index (χ1n) is 10.7. The first-order chi connectivity index (χ1) is 12.4.